The minimum atomic E-state index is -1.06. The van der Waals surface area contributed by atoms with Crippen LogP contribution in [-0.2, 0) is 4.79 Å². The molecule has 0 saturated heterocycles. The average Bonchev–Trinajstić information content (AvgIpc) is 2.60. The lowest BCUT2D eigenvalue weighted by atomic mass is 10.0. The third-order valence-corrected chi connectivity index (χ3v) is 3.41. The highest BCUT2D eigenvalue weighted by Crippen LogP contribution is 2.30. The van der Waals surface area contributed by atoms with E-state index < -0.39 is 12.6 Å². The molecule has 0 aliphatic rings. The van der Waals surface area contributed by atoms with Gasteiger partial charge in [-0.3, -0.25) is 0 Å². The van der Waals surface area contributed by atoms with Crippen molar-refractivity contribution in [3.8, 4) is 17.6 Å². The quantitative estimate of drug-likeness (QED) is 0.612. The van der Waals surface area contributed by atoms with Gasteiger partial charge in [-0.05, 0) is 43.2 Å². The van der Waals surface area contributed by atoms with E-state index in [2.05, 4.69) is 6.07 Å². The van der Waals surface area contributed by atoms with Crippen molar-refractivity contribution in [1.82, 2.24) is 0 Å². The summed E-state index contributed by atoms with van der Waals surface area (Å²) in [6.45, 7) is 3.79. The molecule has 0 saturated carbocycles. The van der Waals surface area contributed by atoms with Crippen LogP contribution in [0.15, 0.2) is 42.5 Å². The fourth-order valence-electron chi connectivity index (χ4n) is 2.22. The molecular formula is C20H19NO4. The SMILES string of the molecule is CCOc1cc(/C=C(/C#N)c2ccc(C)cc2)ccc1OCC(=O)O. The van der Waals surface area contributed by atoms with Gasteiger partial charge in [0.2, 0.25) is 0 Å². The van der Waals surface area contributed by atoms with Gasteiger partial charge in [0.25, 0.3) is 0 Å². The number of hydrogen-bond donors (Lipinski definition) is 1. The first-order valence-electron chi connectivity index (χ1n) is 7.83. The Hall–Kier alpha value is -3.26. The minimum Gasteiger partial charge on any atom is -0.490 e. The molecule has 2 aromatic rings. The second kappa shape index (κ2) is 8.55. The molecule has 0 spiro atoms. The van der Waals surface area contributed by atoms with E-state index in [4.69, 9.17) is 14.6 Å². The number of carboxylic acids is 1. The molecule has 0 amide bonds. The number of rotatable bonds is 7. The second-order valence-corrected chi connectivity index (χ2v) is 5.36. The maximum absolute atomic E-state index is 10.7. The highest BCUT2D eigenvalue weighted by Gasteiger charge is 2.09. The molecule has 25 heavy (non-hydrogen) atoms. The van der Waals surface area contributed by atoms with E-state index in [1.165, 1.54) is 0 Å². The maximum Gasteiger partial charge on any atom is 0.341 e. The summed E-state index contributed by atoms with van der Waals surface area (Å²) in [5.74, 6) is -0.258. The molecule has 0 fully saturated rings. The molecule has 5 nitrogen and oxygen atoms in total. The molecule has 0 aliphatic carbocycles. The van der Waals surface area contributed by atoms with E-state index in [-0.39, 0.29) is 0 Å². The van der Waals surface area contributed by atoms with Crippen LogP contribution < -0.4 is 9.47 Å². The zero-order valence-corrected chi connectivity index (χ0v) is 14.2. The van der Waals surface area contributed by atoms with Crippen LogP contribution in [0.4, 0.5) is 0 Å². The van der Waals surface area contributed by atoms with E-state index in [0.29, 0.717) is 23.7 Å². The first-order valence-corrected chi connectivity index (χ1v) is 7.83. The number of nitriles is 1. The molecule has 0 atom stereocenters. The first kappa shape index (κ1) is 18.1. The highest BCUT2D eigenvalue weighted by molar-refractivity contribution is 5.89. The molecule has 0 aromatic heterocycles. The standard InChI is InChI=1S/C20H19NO4/c1-3-24-19-11-15(6-9-18(19)25-13-20(22)23)10-17(12-21)16-7-4-14(2)5-8-16/h4-11H,3,13H2,1-2H3,(H,22,23)/b17-10-. The topological polar surface area (TPSA) is 79.5 Å². The molecule has 0 radical (unpaired) electrons. The normalized spacial score (nSPS) is 10.8. The third-order valence-electron chi connectivity index (χ3n) is 3.41. The number of benzene rings is 2. The summed E-state index contributed by atoms with van der Waals surface area (Å²) in [6, 6.07) is 15.0. The summed E-state index contributed by atoms with van der Waals surface area (Å²) in [7, 11) is 0. The Morgan fingerprint density at radius 3 is 2.48 bits per heavy atom. The number of aryl methyl sites for hydroxylation is 1. The molecule has 0 unspecified atom stereocenters. The van der Waals surface area contributed by atoms with Gasteiger partial charge in [-0.1, -0.05) is 35.9 Å². The van der Waals surface area contributed by atoms with Gasteiger partial charge < -0.3 is 14.6 Å². The zero-order valence-electron chi connectivity index (χ0n) is 14.2. The van der Waals surface area contributed by atoms with Crippen molar-refractivity contribution in [2.45, 2.75) is 13.8 Å². The summed E-state index contributed by atoms with van der Waals surface area (Å²) in [6.07, 6.45) is 1.76. The van der Waals surface area contributed by atoms with E-state index in [0.717, 1.165) is 16.7 Å². The van der Waals surface area contributed by atoms with E-state index in [1.54, 1.807) is 24.3 Å². The van der Waals surface area contributed by atoms with Crippen LogP contribution in [0.25, 0.3) is 11.6 Å². The number of hydrogen-bond acceptors (Lipinski definition) is 4. The second-order valence-electron chi connectivity index (χ2n) is 5.36. The number of aliphatic carboxylic acids is 1. The van der Waals surface area contributed by atoms with Gasteiger partial charge in [0.1, 0.15) is 0 Å². The number of nitrogens with zero attached hydrogens (tertiary/aromatic N) is 1. The lowest BCUT2D eigenvalue weighted by Crippen LogP contribution is -2.10. The smallest absolute Gasteiger partial charge is 0.341 e. The van der Waals surface area contributed by atoms with Gasteiger partial charge in [-0.15, -0.1) is 0 Å². The molecule has 2 rings (SSSR count). The molecule has 1 N–H and O–H groups in total. The van der Waals surface area contributed by atoms with Crippen molar-refractivity contribution in [2.24, 2.45) is 0 Å². The summed E-state index contributed by atoms with van der Waals surface area (Å²) in [5, 5.41) is 18.2. The van der Waals surface area contributed by atoms with Gasteiger partial charge in [-0.25, -0.2) is 4.79 Å². The molecule has 128 valence electrons. The fourth-order valence-corrected chi connectivity index (χ4v) is 2.22. The van der Waals surface area contributed by atoms with E-state index in [1.807, 2.05) is 38.1 Å². The van der Waals surface area contributed by atoms with E-state index in [9.17, 15) is 10.1 Å². The molecular weight excluding hydrogens is 318 g/mol. The number of allylic oxidation sites excluding steroid dienone is 1. The van der Waals surface area contributed by atoms with Crippen molar-refractivity contribution in [1.29, 1.82) is 5.26 Å². The van der Waals surface area contributed by atoms with Gasteiger partial charge in [0.05, 0.1) is 18.2 Å². The fraction of sp³-hybridized carbons (Fsp3) is 0.200. The average molecular weight is 337 g/mol. The Bertz CT molecular complexity index is 817. The number of carboxylic acid groups (broad SMARTS) is 1. The summed E-state index contributed by atoms with van der Waals surface area (Å²) >= 11 is 0. The Labute approximate surface area is 146 Å². The molecule has 0 aliphatic heterocycles. The van der Waals surface area contributed by atoms with E-state index >= 15 is 0 Å². The Morgan fingerprint density at radius 2 is 1.88 bits per heavy atom. The van der Waals surface area contributed by atoms with Gasteiger partial charge in [-0.2, -0.15) is 5.26 Å². The van der Waals surface area contributed by atoms with Gasteiger partial charge in [0.15, 0.2) is 18.1 Å². The molecule has 2 aromatic carbocycles. The van der Waals surface area contributed by atoms with Crippen molar-refractivity contribution in [3.63, 3.8) is 0 Å². The van der Waals surface area contributed by atoms with Crippen LogP contribution in [0, 0.1) is 18.3 Å². The Kier molecular flexibility index (Phi) is 6.19. The first-order chi connectivity index (χ1) is 12.0. The van der Waals surface area contributed by atoms with Gasteiger partial charge >= 0.3 is 5.97 Å². The van der Waals surface area contributed by atoms with Crippen LogP contribution >= 0.6 is 0 Å². The molecule has 0 bridgehead atoms. The van der Waals surface area contributed by atoms with Gasteiger partial charge in [0, 0.05) is 0 Å². The molecule has 0 heterocycles. The monoisotopic (exact) mass is 337 g/mol. The summed E-state index contributed by atoms with van der Waals surface area (Å²) in [4.78, 5) is 10.7. The number of ether oxygens (including phenoxy) is 2. The third kappa shape index (κ3) is 5.11. The van der Waals surface area contributed by atoms with Crippen molar-refractivity contribution < 1.29 is 19.4 Å². The molecule has 5 heteroatoms. The van der Waals surface area contributed by atoms with Crippen molar-refractivity contribution in [3.05, 3.63) is 59.2 Å². The Morgan fingerprint density at radius 1 is 1.16 bits per heavy atom. The van der Waals surface area contributed by atoms with Crippen LogP contribution in [0.3, 0.4) is 0 Å². The Balaban J connectivity index is 2.34. The highest BCUT2D eigenvalue weighted by atomic mass is 16.5. The van der Waals surface area contributed by atoms with Crippen molar-refractivity contribution in [2.75, 3.05) is 13.2 Å². The minimum absolute atomic E-state index is 0.357. The van der Waals surface area contributed by atoms with Crippen LogP contribution in [-0.4, -0.2) is 24.3 Å². The zero-order chi connectivity index (χ0) is 18.2. The summed E-state index contributed by atoms with van der Waals surface area (Å²) in [5.41, 5.74) is 3.25. The van der Waals surface area contributed by atoms with Crippen LogP contribution in [0.1, 0.15) is 23.6 Å². The largest absolute Gasteiger partial charge is 0.490 e. The lowest BCUT2D eigenvalue weighted by molar-refractivity contribution is -0.139. The van der Waals surface area contributed by atoms with Crippen molar-refractivity contribution >= 4 is 17.6 Å². The predicted molar refractivity (Wildman–Crippen MR) is 95.4 cm³/mol. The lowest BCUT2D eigenvalue weighted by Gasteiger charge is -2.11. The predicted octanol–water partition coefficient (Wildman–Crippen LogP) is 3.92. The van der Waals surface area contributed by atoms with Crippen LogP contribution in [0.2, 0.25) is 0 Å². The number of carbonyl (C=O) groups is 1. The summed E-state index contributed by atoms with van der Waals surface area (Å²) < 4.78 is 10.7. The maximum atomic E-state index is 10.7. The van der Waals surface area contributed by atoms with Crippen LogP contribution in [0.5, 0.6) is 11.5 Å².